The van der Waals surface area contributed by atoms with Gasteiger partial charge in [0, 0.05) is 47.9 Å². The molecule has 0 N–H and O–H groups in total. The van der Waals surface area contributed by atoms with Crippen LogP contribution >= 0.6 is 11.3 Å². The molecule has 0 saturated carbocycles. The van der Waals surface area contributed by atoms with Crippen molar-refractivity contribution in [3.8, 4) is 39.1 Å². The van der Waals surface area contributed by atoms with Gasteiger partial charge < -0.3 is 9.47 Å². The fourth-order valence-electron chi connectivity index (χ4n) is 8.65. The Morgan fingerprint density at radius 3 is 1.74 bits per heavy atom. The Balaban J connectivity index is 1.13. The van der Waals surface area contributed by atoms with E-state index in [-0.39, 0.29) is 0 Å². The zero-order valence-electron chi connectivity index (χ0n) is 31.1. The lowest BCUT2D eigenvalue weighted by atomic mass is 9.95. The molecule has 0 aliphatic rings. The van der Waals surface area contributed by atoms with Crippen molar-refractivity contribution in [2.75, 3.05) is 4.90 Å². The molecule has 2 heterocycles. The molecule has 0 atom stereocenters. The van der Waals surface area contributed by atoms with Gasteiger partial charge >= 0.3 is 0 Å². The Morgan fingerprint density at radius 2 is 0.947 bits per heavy atom. The summed E-state index contributed by atoms with van der Waals surface area (Å²) in [5.74, 6) is 0. The first-order valence-electron chi connectivity index (χ1n) is 19.4. The SMILES string of the molecule is c1ccc(-c2ccc(N(c3ccc(-c4cccc5c4c4ccccc4n5-c4ccccc4)cc3)c3cccc4sc5ccccc5c34)c(-c3ccccc3)c2)cc1. The van der Waals surface area contributed by atoms with E-state index in [1.54, 1.807) is 0 Å². The third-order valence-electron chi connectivity index (χ3n) is 11.2. The molecule has 9 aromatic carbocycles. The van der Waals surface area contributed by atoms with Crippen LogP contribution in [0.2, 0.25) is 0 Å². The van der Waals surface area contributed by atoms with Crippen LogP contribution < -0.4 is 4.90 Å². The minimum atomic E-state index is 1.10. The Bertz CT molecular complexity index is 3220. The van der Waals surface area contributed by atoms with Gasteiger partial charge in [0.15, 0.2) is 0 Å². The molecular formula is C54H36N2S. The second-order valence-corrected chi connectivity index (χ2v) is 15.6. The van der Waals surface area contributed by atoms with E-state index in [4.69, 9.17) is 0 Å². The molecule has 0 fully saturated rings. The maximum atomic E-state index is 2.48. The van der Waals surface area contributed by atoms with Gasteiger partial charge in [-0.2, -0.15) is 0 Å². The predicted octanol–water partition coefficient (Wildman–Crippen LogP) is 15.6. The van der Waals surface area contributed by atoms with Crippen LogP contribution in [-0.2, 0) is 0 Å². The highest BCUT2D eigenvalue weighted by Gasteiger charge is 2.23. The Kier molecular flexibility index (Phi) is 8.04. The summed E-state index contributed by atoms with van der Waals surface area (Å²) in [7, 11) is 0. The van der Waals surface area contributed by atoms with E-state index in [1.807, 2.05) is 11.3 Å². The van der Waals surface area contributed by atoms with Crippen LogP contribution in [-0.4, -0.2) is 4.57 Å². The van der Waals surface area contributed by atoms with Crippen LogP contribution in [0.3, 0.4) is 0 Å². The lowest BCUT2D eigenvalue weighted by Gasteiger charge is -2.29. The number of para-hydroxylation sites is 2. The molecule has 11 aromatic rings. The first kappa shape index (κ1) is 33.2. The summed E-state index contributed by atoms with van der Waals surface area (Å²) >= 11 is 1.86. The van der Waals surface area contributed by atoms with E-state index in [2.05, 4.69) is 228 Å². The third kappa shape index (κ3) is 5.63. The second-order valence-electron chi connectivity index (χ2n) is 14.5. The number of benzene rings is 9. The molecule has 0 aliphatic heterocycles. The Hall–Kier alpha value is -7.20. The zero-order valence-corrected chi connectivity index (χ0v) is 31.9. The lowest BCUT2D eigenvalue weighted by molar-refractivity contribution is 1.18. The molecular weight excluding hydrogens is 709 g/mol. The summed E-state index contributed by atoms with van der Waals surface area (Å²) in [6.07, 6.45) is 0. The van der Waals surface area contributed by atoms with Gasteiger partial charge in [-0.15, -0.1) is 11.3 Å². The average molecular weight is 745 g/mol. The molecule has 57 heavy (non-hydrogen) atoms. The van der Waals surface area contributed by atoms with Crippen LogP contribution in [0.5, 0.6) is 0 Å². The third-order valence-corrected chi connectivity index (χ3v) is 12.3. The van der Waals surface area contributed by atoms with Crippen molar-refractivity contribution < 1.29 is 0 Å². The fourth-order valence-corrected chi connectivity index (χ4v) is 9.77. The number of hydrogen-bond acceptors (Lipinski definition) is 2. The van der Waals surface area contributed by atoms with Gasteiger partial charge in [0.05, 0.1) is 22.4 Å². The highest BCUT2D eigenvalue weighted by atomic mass is 32.1. The van der Waals surface area contributed by atoms with Crippen molar-refractivity contribution in [1.29, 1.82) is 0 Å². The molecule has 0 radical (unpaired) electrons. The minimum Gasteiger partial charge on any atom is -0.309 e. The van der Waals surface area contributed by atoms with E-state index in [0.717, 1.165) is 22.7 Å². The van der Waals surface area contributed by atoms with Gasteiger partial charge in [-0.3, -0.25) is 0 Å². The van der Waals surface area contributed by atoms with Crippen molar-refractivity contribution in [3.63, 3.8) is 0 Å². The van der Waals surface area contributed by atoms with E-state index >= 15 is 0 Å². The average Bonchev–Trinajstić information content (AvgIpc) is 3.84. The number of aromatic nitrogens is 1. The standard InChI is InChI=1S/C54H36N2S/c1-4-16-37(17-5-1)40-32-35-48(46(36-40)38-18-6-2-7-19-38)56(50-27-15-29-52-54(50)45-23-11-13-28-51(45)57-52)42-33-30-39(31-34-42)43-24-14-26-49-53(43)44-22-10-12-25-47(44)55(49)41-20-8-3-9-21-41/h1-36H. The summed E-state index contributed by atoms with van der Waals surface area (Å²) in [6.45, 7) is 0. The predicted molar refractivity (Wildman–Crippen MR) is 245 cm³/mol. The van der Waals surface area contributed by atoms with Crippen molar-refractivity contribution >= 4 is 70.4 Å². The topological polar surface area (TPSA) is 8.17 Å². The summed E-state index contributed by atoms with van der Waals surface area (Å²) in [5, 5.41) is 5.06. The largest absolute Gasteiger partial charge is 0.309 e. The normalized spacial score (nSPS) is 11.5. The van der Waals surface area contributed by atoms with E-state index in [0.29, 0.717) is 0 Å². The van der Waals surface area contributed by atoms with Gasteiger partial charge in [-0.25, -0.2) is 0 Å². The smallest absolute Gasteiger partial charge is 0.0555 e. The molecule has 0 spiro atoms. The van der Waals surface area contributed by atoms with Crippen LogP contribution in [0.1, 0.15) is 0 Å². The van der Waals surface area contributed by atoms with Gasteiger partial charge in [-0.1, -0.05) is 152 Å². The maximum Gasteiger partial charge on any atom is 0.0555 e. The van der Waals surface area contributed by atoms with Crippen molar-refractivity contribution in [3.05, 3.63) is 218 Å². The molecule has 0 saturated heterocycles. The second kappa shape index (κ2) is 13.8. The number of rotatable bonds is 7. The van der Waals surface area contributed by atoms with Gasteiger partial charge in [0.1, 0.15) is 0 Å². The molecule has 2 aromatic heterocycles. The minimum absolute atomic E-state index is 1.10. The summed E-state index contributed by atoms with van der Waals surface area (Å²) in [5.41, 5.74) is 14.1. The summed E-state index contributed by atoms with van der Waals surface area (Å²) in [4.78, 5) is 2.48. The van der Waals surface area contributed by atoms with Crippen molar-refractivity contribution in [2.45, 2.75) is 0 Å². The van der Waals surface area contributed by atoms with Crippen molar-refractivity contribution in [2.24, 2.45) is 0 Å². The van der Waals surface area contributed by atoms with E-state index < -0.39 is 0 Å². The van der Waals surface area contributed by atoms with Gasteiger partial charge in [0.25, 0.3) is 0 Å². The molecule has 3 heteroatoms. The summed E-state index contributed by atoms with van der Waals surface area (Å²) in [6, 6.07) is 79.4. The first-order chi connectivity index (χ1) is 28.3. The molecule has 268 valence electrons. The van der Waals surface area contributed by atoms with Crippen LogP contribution in [0, 0.1) is 0 Å². The number of hydrogen-bond donors (Lipinski definition) is 0. The molecule has 0 unspecified atom stereocenters. The Morgan fingerprint density at radius 1 is 0.351 bits per heavy atom. The van der Waals surface area contributed by atoms with Crippen LogP contribution in [0.15, 0.2) is 218 Å². The lowest BCUT2D eigenvalue weighted by Crippen LogP contribution is -2.11. The maximum absolute atomic E-state index is 2.48. The van der Waals surface area contributed by atoms with Crippen LogP contribution in [0.25, 0.3) is 81.0 Å². The van der Waals surface area contributed by atoms with E-state index in [9.17, 15) is 0 Å². The molecule has 11 rings (SSSR count). The molecule has 0 bridgehead atoms. The molecule has 2 nitrogen and oxygen atoms in total. The Labute approximate surface area is 335 Å². The highest BCUT2D eigenvalue weighted by molar-refractivity contribution is 7.26. The highest BCUT2D eigenvalue weighted by Crippen LogP contribution is 2.48. The van der Waals surface area contributed by atoms with Crippen LogP contribution in [0.4, 0.5) is 17.1 Å². The number of anilines is 3. The number of nitrogens with zero attached hydrogens (tertiary/aromatic N) is 2. The van der Waals surface area contributed by atoms with E-state index in [1.165, 1.54) is 75.4 Å². The van der Waals surface area contributed by atoms with Crippen molar-refractivity contribution in [1.82, 2.24) is 4.57 Å². The van der Waals surface area contributed by atoms with Gasteiger partial charge in [0.2, 0.25) is 0 Å². The summed E-state index contributed by atoms with van der Waals surface area (Å²) < 4.78 is 4.96. The fraction of sp³-hybridized carbons (Fsp3) is 0. The molecule has 0 aliphatic carbocycles. The quantitative estimate of drug-likeness (QED) is 0.158. The number of fused-ring (bicyclic) bond motifs is 6. The van der Waals surface area contributed by atoms with Gasteiger partial charge in [-0.05, 0) is 94.5 Å². The molecule has 0 amide bonds. The number of thiophene rings is 1. The monoisotopic (exact) mass is 744 g/mol. The zero-order chi connectivity index (χ0) is 37.7. The first-order valence-corrected chi connectivity index (χ1v) is 20.3.